The van der Waals surface area contributed by atoms with Crippen LogP contribution in [0, 0.1) is 5.92 Å². The van der Waals surface area contributed by atoms with E-state index < -0.39 is 25.8 Å². The summed E-state index contributed by atoms with van der Waals surface area (Å²) in [6.07, 6.45) is 1.78. The molecule has 162 valence electrons. The van der Waals surface area contributed by atoms with Crippen LogP contribution in [0.2, 0.25) is 0 Å². The number of methoxy groups -OCH3 is 1. The van der Waals surface area contributed by atoms with Crippen molar-refractivity contribution in [2.24, 2.45) is 5.92 Å². The van der Waals surface area contributed by atoms with Crippen LogP contribution in [0.25, 0.3) is 0 Å². The predicted octanol–water partition coefficient (Wildman–Crippen LogP) is 2.14. The summed E-state index contributed by atoms with van der Waals surface area (Å²) in [6, 6.07) is 12.4. The van der Waals surface area contributed by atoms with Crippen molar-refractivity contribution in [2.75, 3.05) is 31.8 Å². The number of carbonyl (C=O) groups is 1. The Morgan fingerprint density at radius 2 is 1.60 bits per heavy atom. The van der Waals surface area contributed by atoms with Crippen molar-refractivity contribution < 1.29 is 26.4 Å². The van der Waals surface area contributed by atoms with Gasteiger partial charge in [-0.05, 0) is 49.2 Å². The number of ether oxygens (including phenoxy) is 1. The van der Waals surface area contributed by atoms with E-state index in [0.717, 1.165) is 6.26 Å². The number of piperidine rings is 1. The molecule has 1 amide bonds. The second-order valence-electron chi connectivity index (χ2n) is 7.11. The average Bonchev–Trinajstić information content (AvgIpc) is 2.73. The van der Waals surface area contributed by atoms with Crippen LogP contribution in [-0.2, 0) is 24.7 Å². The van der Waals surface area contributed by atoms with Crippen molar-refractivity contribution in [1.82, 2.24) is 4.31 Å². The Labute approximate surface area is 176 Å². The molecule has 30 heavy (non-hydrogen) atoms. The van der Waals surface area contributed by atoms with Gasteiger partial charge in [-0.3, -0.25) is 4.79 Å². The molecule has 1 saturated heterocycles. The summed E-state index contributed by atoms with van der Waals surface area (Å²) in [5, 5.41) is 2.68. The van der Waals surface area contributed by atoms with E-state index in [1.54, 1.807) is 24.3 Å². The van der Waals surface area contributed by atoms with Gasteiger partial charge in [0.1, 0.15) is 5.75 Å². The van der Waals surface area contributed by atoms with E-state index in [0.29, 0.717) is 18.6 Å². The third-order valence-corrected chi connectivity index (χ3v) is 8.13. The number of hydrogen-bond donors (Lipinski definition) is 1. The first-order valence-corrected chi connectivity index (χ1v) is 12.7. The molecular weight excluding hydrogens is 428 g/mol. The lowest BCUT2D eigenvalue weighted by molar-refractivity contribution is -0.120. The Hall–Kier alpha value is -2.43. The van der Waals surface area contributed by atoms with Gasteiger partial charge in [-0.2, -0.15) is 4.31 Å². The highest BCUT2D eigenvalue weighted by Gasteiger charge is 2.32. The van der Waals surface area contributed by atoms with Crippen LogP contribution in [-0.4, -0.2) is 53.5 Å². The van der Waals surface area contributed by atoms with Crippen LogP contribution >= 0.6 is 0 Å². The highest BCUT2D eigenvalue weighted by Crippen LogP contribution is 2.27. The first-order chi connectivity index (χ1) is 14.1. The van der Waals surface area contributed by atoms with Gasteiger partial charge >= 0.3 is 0 Å². The molecule has 0 spiro atoms. The number of anilines is 1. The number of nitrogens with zero attached hydrogens (tertiary/aromatic N) is 1. The molecule has 1 aliphatic rings. The van der Waals surface area contributed by atoms with Crippen LogP contribution < -0.4 is 10.1 Å². The molecule has 0 unspecified atom stereocenters. The molecule has 0 radical (unpaired) electrons. The van der Waals surface area contributed by atoms with Gasteiger partial charge in [-0.25, -0.2) is 16.8 Å². The SMILES string of the molecule is COc1ccc(S(=O)(=O)N2CCC(C(=O)Nc3ccccc3S(C)(=O)=O)CC2)cc1. The van der Waals surface area contributed by atoms with Crippen molar-refractivity contribution in [1.29, 1.82) is 0 Å². The van der Waals surface area contributed by atoms with E-state index in [1.807, 2.05) is 0 Å². The molecule has 2 aromatic carbocycles. The van der Waals surface area contributed by atoms with Crippen LogP contribution in [0.1, 0.15) is 12.8 Å². The first-order valence-electron chi connectivity index (χ1n) is 9.37. The van der Waals surface area contributed by atoms with E-state index >= 15 is 0 Å². The van der Waals surface area contributed by atoms with Crippen LogP contribution in [0.15, 0.2) is 58.3 Å². The Morgan fingerprint density at radius 3 is 2.17 bits per heavy atom. The maximum absolute atomic E-state index is 12.8. The van der Waals surface area contributed by atoms with E-state index in [9.17, 15) is 21.6 Å². The molecule has 2 aromatic rings. The zero-order valence-electron chi connectivity index (χ0n) is 16.7. The summed E-state index contributed by atoms with van der Waals surface area (Å²) < 4.78 is 55.9. The number of nitrogens with one attached hydrogen (secondary N) is 1. The van der Waals surface area contributed by atoms with E-state index in [4.69, 9.17) is 4.74 Å². The molecule has 0 saturated carbocycles. The van der Waals surface area contributed by atoms with Crippen molar-refractivity contribution in [3.63, 3.8) is 0 Å². The lowest BCUT2D eigenvalue weighted by Crippen LogP contribution is -2.41. The minimum atomic E-state index is -3.65. The smallest absolute Gasteiger partial charge is 0.243 e. The predicted molar refractivity (Wildman–Crippen MR) is 113 cm³/mol. The third kappa shape index (κ3) is 4.82. The zero-order chi connectivity index (χ0) is 21.9. The molecule has 0 aromatic heterocycles. The standard InChI is InChI=1S/C20H24N2O6S2/c1-28-16-7-9-17(10-8-16)30(26,27)22-13-11-15(12-14-22)20(23)21-18-5-3-4-6-19(18)29(2,24)25/h3-10,15H,11-14H2,1-2H3,(H,21,23). The summed E-state index contributed by atoms with van der Waals surface area (Å²) in [4.78, 5) is 12.9. The van der Waals surface area contributed by atoms with Crippen LogP contribution in [0.4, 0.5) is 5.69 Å². The fourth-order valence-corrected chi connectivity index (χ4v) is 5.70. The number of sulfone groups is 1. The molecule has 0 bridgehead atoms. The first kappa shape index (κ1) is 22.3. The molecule has 8 nitrogen and oxygen atoms in total. The second kappa shape index (κ2) is 8.75. The van der Waals surface area contributed by atoms with Gasteiger partial charge in [-0.15, -0.1) is 0 Å². The monoisotopic (exact) mass is 452 g/mol. The van der Waals surface area contributed by atoms with Crippen molar-refractivity contribution in [3.8, 4) is 5.75 Å². The fraction of sp³-hybridized carbons (Fsp3) is 0.350. The summed E-state index contributed by atoms with van der Waals surface area (Å²) in [5.41, 5.74) is 0.235. The molecule has 1 heterocycles. The summed E-state index contributed by atoms with van der Waals surface area (Å²) in [6.45, 7) is 0.417. The van der Waals surface area contributed by atoms with Crippen molar-refractivity contribution in [3.05, 3.63) is 48.5 Å². The Bertz CT molecular complexity index is 1120. The Kier molecular flexibility index (Phi) is 6.49. The van der Waals surface area contributed by atoms with Gasteiger partial charge in [0.05, 0.1) is 22.6 Å². The van der Waals surface area contributed by atoms with Gasteiger partial charge in [0.2, 0.25) is 15.9 Å². The quantitative estimate of drug-likeness (QED) is 0.719. The lowest BCUT2D eigenvalue weighted by atomic mass is 9.97. The maximum Gasteiger partial charge on any atom is 0.243 e. The fourth-order valence-electron chi connectivity index (χ4n) is 3.38. The zero-order valence-corrected chi connectivity index (χ0v) is 18.4. The third-order valence-electron chi connectivity index (χ3n) is 5.07. The molecule has 0 aliphatic carbocycles. The van der Waals surface area contributed by atoms with Gasteiger partial charge in [0.25, 0.3) is 0 Å². The lowest BCUT2D eigenvalue weighted by Gasteiger charge is -2.30. The molecule has 1 aliphatic heterocycles. The number of rotatable bonds is 6. The average molecular weight is 453 g/mol. The normalized spacial score (nSPS) is 16.2. The van der Waals surface area contributed by atoms with Gasteiger partial charge in [0, 0.05) is 25.3 Å². The highest BCUT2D eigenvalue weighted by atomic mass is 32.2. The Morgan fingerprint density at radius 1 is 1.00 bits per heavy atom. The van der Waals surface area contributed by atoms with Crippen molar-refractivity contribution in [2.45, 2.75) is 22.6 Å². The number of amides is 1. The topological polar surface area (TPSA) is 110 Å². The number of carbonyl (C=O) groups excluding carboxylic acids is 1. The minimum Gasteiger partial charge on any atom is -0.497 e. The van der Waals surface area contributed by atoms with Gasteiger partial charge in [-0.1, -0.05) is 12.1 Å². The number of hydrogen-bond acceptors (Lipinski definition) is 6. The molecular formula is C20H24N2O6S2. The summed E-state index contributed by atoms with van der Waals surface area (Å²) in [5.74, 6) is -0.147. The molecule has 3 rings (SSSR count). The highest BCUT2D eigenvalue weighted by molar-refractivity contribution is 7.91. The molecule has 1 N–H and O–H groups in total. The largest absolute Gasteiger partial charge is 0.497 e. The molecule has 0 atom stereocenters. The number of sulfonamides is 1. The molecule has 10 heteroatoms. The number of para-hydroxylation sites is 1. The maximum atomic E-state index is 12.8. The minimum absolute atomic E-state index is 0.0536. The summed E-state index contributed by atoms with van der Waals surface area (Å²) >= 11 is 0. The molecule has 1 fully saturated rings. The van der Waals surface area contributed by atoms with Crippen LogP contribution in [0.3, 0.4) is 0 Å². The summed E-state index contributed by atoms with van der Waals surface area (Å²) in [7, 11) is -5.63. The van der Waals surface area contributed by atoms with Gasteiger partial charge in [0.15, 0.2) is 9.84 Å². The second-order valence-corrected chi connectivity index (χ2v) is 11.0. The van der Waals surface area contributed by atoms with E-state index in [2.05, 4.69) is 5.32 Å². The number of benzene rings is 2. The van der Waals surface area contributed by atoms with E-state index in [-0.39, 0.29) is 34.5 Å². The Balaban J connectivity index is 1.66. The van der Waals surface area contributed by atoms with Gasteiger partial charge < -0.3 is 10.1 Å². The van der Waals surface area contributed by atoms with Crippen LogP contribution in [0.5, 0.6) is 5.75 Å². The van der Waals surface area contributed by atoms with E-state index in [1.165, 1.54) is 35.7 Å². The van der Waals surface area contributed by atoms with Crippen molar-refractivity contribution >= 4 is 31.5 Å².